The molecule has 0 unspecified atom stereocenters. The smallest absolute Gasteiger partial charge is 0.258 e. The first kappa shape index (κ1) is 21.8. The molecule has 2 aromatic carbocycles. The van der Waals surface area contributed by atoms with E-state index in [4.69, 9.17) is 4.74 Å². The molecule has 0 radical (unpaired) electrons. The zero-order valence-corrected chi connectivity index (χ0v) is 18.6. The normalized spacial score (nSPS) is 13.1. The number of aryl methyl sites for hydroxylation is 2. The number of para-hydroxylation sites is 1. The Kier molecular flexibility index (Phi) is 6.69. The summed E-state index contributed by atoms with van der Waals surface area (Å²) in [4.78, 5) is 28.9. The van der Waals surface area contributed by atoms with Crippen molar-refractivity contribution in [3.8, 4) is 5.75 Å². The van der Waals surface area contributed by atoms with Crippen LogP contribution < -0.4 is 15.4 Å². The van der Waals surface area contributed by atoms with Crippen LogP contribution in [-0.4, -0.2) is 36.0 Å². The molecule has 1 aliphatic rings. The molecular weight excluding hydrogens is 402 g/mol. The topological polar surface area (TPSA) is 80.3 Å². The Balaban J connectivity index is 1.24. The SMILES string of the molecule is Cc1nc2ccccc2c(C)c1CC(=O)NCCc1ccc(OCC(=O)NC2CC2)cc1. The summed E-state index contributed by atoms with van der Waals surface area (Å²) in [6.45, 7) is 4.61. The monoisotopic (exact) mass is 431 g/mol. The quantitative estimate of drug-likeness (QED) is 0.544. The van der Waals surface area contributed by atoms with Crippen molar-refractivity contribution in [1.82, 2.24) is 15.6 Å². The van der Waals surface area contributed by atoms with Crippen molar-refractivity contribution in [3.63, 3.8) is 0 Å². The van der Waals surface area contributed by atoms with E-state index in [1.54, 1.807) is 0 Å². The molecule has 1 aliphatic carbocycles. The molecule has 0 bridgehead atoms. The minimum Gasteiger partial charge on any atom is -0.484 e. The van der Waals surface area contributed by atoms with E-state index >= 15 is 0 Å². The summed E-state index contributed by atoms with van der Waals surface area (Å²) < 4.78 is 5.53. The van der Waals surface area contributed by atoms with E-state index in [0.29, 0.717) is 24.8 Å². The second-order valence-electron chi connectivity index (χ2n) is 8.37. The number of carbonyl (C=O) groups is 2. The van der Waals surface area contributed by atoms with Gasteiger partial charge in [-0.2, -0.15) is 0 Å². The number of hydrogen-bond acceptors (Lipinski definition) is 4. The van der Waals surface area contributed by atoms with Gasteiger partial charge < -0.3 is 15.4 Å². The van der Waals surface area contributed by atoms with E-state index in [1.165, 1.54) is 0 Å². The lowest BCUT2D eigenvalue weighted by molar-refractivity contribution is -0.123. The first-order chi connectivity index (χ1) is 15.5. The van der Waals surface area contributed by atoms with Crippen LogP contribution in [0.5, 0.6) is 5.75 Å². The molecule has 0 saturated heterocycles. The maximum Gasteiger partial charge on any atom is 0.258 e. The number of rotatable bonds is 9. The van der Waals surface area contributed by atoms with Crippen LogP contribution in [0.25, 0.3) is 10.9 Å². The molecule has 1 fully saturated rings. The van der Waals surface area contributed by atoms with E-state index in [-0.39, 0.29) is 18.4 Å². The lowest BCUT2D eigenvalue weighted by Crippen LogP contribution is -2.30. The third-order valence-corrected chi connectivity index (χ3v) is 5.79. The van der Waals surface area contributed by atoms with E-state index in [1.807, 2.05) is 55.5 Å². The maximum absolute atomic E-state index is 12.5. The van der Waals surface area contributed by atoms with Gasteiger partial charge in [-0.05, 0) is 68.0 Å². The van der Waals surface area contributed by atoms with Crippen LogP contribution in [0.3, 0.4) is 0 Å². The molecule has 32 heavy (non-hydrogen) atoms. The fourth-order valence-corrected chi connectivity index (χ4v) is 3.80. The van der Waals surface area contributed by atoms with Gasteiger partial charge in [-0.1, -0.05) is 30.3 Å². The van der Waals surface area contributed by atoms with Gasteiger partial charge in [0, 0.05) is 23.7 Å². The largest absolute Gasteiger partial charge is 0.484 e. The van der Waals surface area contributed by atoms with Crippen LogP contribution in [0.4, 0.5) is 0 Å². The molecule has 2 N–H and O–H groups in total. The Labute approximate surface area is 188 Å². The Morgan fingerprint density at radius 2 is 1.78 bits per heavy atom. The summed E-state index contributed by atoms with van der Waals surface area (Å²) in [6.07, 6.45) is 3.18. The summed E-state index contributed by atoms with van der Waals surface area (Å²) in [5.74, 6) is 0.583. The third kappa shape index (κ3) is 5.63. The summed E-state index contributed by atoms with van der Waals surface area (Å²) in [7, 11) is 0. The predicted molar refractivity (Wildman–Crippen MR) is 125 cm³/mol. The first-order valence-corrected chi connectivity index (χ1v) is 11.1. The van der Waals surface area contributed by atoms with Crippen LogP contribution in [0.1, 0.15) is 35.2 Å². The molecule has 0 atom stereocenters. The summed E-state index contributed by atoms with van der Waals surface area (Å²) >= 11 is 0. The van der Waals surface area contributed by atoms with Gasteiger partial charge >= 0.3 is 0 Å². The highest BCUT2D eigenvalue weighted by Crippen LogP contribution is 2.23. The van der Waals surface area contributed by atoms with E-state index < -0.39 is 0 Å². The molecule has 6 heteroatoms. The zero-order chi connectivity index (χ0) is 22.5. The molecule has 4 rings (SSSR count). The second-order valence-corrected chi connectivity index (χ2v) is 8.37. The number of amides is 2. The highest BCUT2D eigenvalue weighted by molar-refractivity contribution is 5.86. The van der Waals surface area contributed by atoms with Crippen LogP contribution >= 0.6 is 0 Å². The molecule has 2 amide bonds. The molecule has 1 aromatic heterocycles. The third-order valence-electron chi connectivity index (χ3n) is 5.79. The number of nitrogens with one attached hydrogen (secondary N) is 2. The van der Waals surface area contributed by atoms with Crippen molar-refractivity contribution in [3.05, 3.63) is 70.9 Å². The van der Waals surface area contributed by atoms with Gasteiger partial charge in [-0.3, -0.25) is 14.6 Å². The van der Waals surface area contributed by atoms with Crippen molar-refractivity contribution in [2.45, 2.75) is 45.6 Å². The lowest BCUT2D eigenvalue weighted by atomic mass is 9.99. The van der Waals surface area contributed by atoms with Crippen LogP contribution in [-0.2, 0) is 22.4 Å². The van der Waals surface area contributed by atoms with Crippen molar-refractivity contribution >= 4 is 22.7 Å². The minimum atomic E-state index is -0.0774. The van der Waals surface area contributed by atoms with Gasteiger partial charge in [0.25, 0.3) is 5.91 Å². The number of pyridine rings is 1. The highest BCUT2D eigenvalue weighted by Gasteiger charge is 2.23. The number of nitrogens with zero attached hydrogens (tertiary/aromatic N) is 1. The van der Waals surface area contributed by atoms with Gasteiger partial charge in [0.2, 0.25) is 5.91 Å². The van der Waals surface area contributed by atoms with Gasteiger partial charge in [-0.15, -0.1) is 0 Å². The molecule has 0 spiro atoms. The van der Waals surface area contributed by atoms with E-state index in [2.05, 4.69) is 22.5 Å². The molecule has 1 heterocycles. The fourth-order valence-electron chi connectivity index (χ4n) is 3.80. The minimum absolute atomic E-state index is 0.00471. The van der Waals surface area contributed by atoms with Gasteiger partial charge in [0.1, 0.15) is 5.75 Å². The lowest BCUT2D eigenvalue weighted by Gasteiger charge is -2.13. The fraction of sp³-hybridized carbons (Fsp3) is 0.346. The average Bonchev–Trinajstić information content (AvgIpc) is 3.60. The molecule has 0 aliphatic heterocycles. The number of ether oxygens (including phenoxy) is 1. The van der Waals surface area contributed by atoms with Crippen molar-refractivity contribution in [2.24, 2.45) is 0 Å². The van der Waals surface area contributed by atoms with Crippen molar-refractivity contribution in [2.75, 3.05) is 13.2 Å². The number of carbonyl (C=O) groups excluding carboxylic acids is 2. The van der Waals surface area contributed by atoms with Crippen LogP contribution in [0, 0.1) is 13.8 Å². The predicted octanol–water partition coefficient (Wildman–Crippen LogP) is 3.41. The number of hydrogen-bond donors (Lipinski definition) is 2. The van der Waals surface area contributed by atoms with Crippen molar-refractivity contribution in [1.29, 1.82) is 0 Å². The van der Waals surface area contributed by atoms with Gasteiger partial charge in [-0.25, -0.2) is 0 Å². The summed E-state index contributed by atoms with van der Waals surface area (Å²) in [6, 6.07) is 16.0. The number of fused-ring (bicyclic) bond motifs is 1. The van der Waals surface area contributed by atoms with Crippen molar-refractivity contribution < 1.29 is 14.3 Å². The average molecular weight is 432 g/mol. The molecule has 1 saturated carbocycles. The number of benzene rings is 2. The molecular formula is C26H29N3O3. The Morgan fingerprint density at radius 3 is 2.53 bits per heavy atom. The molecule has 166 valence electrons. The first-order valence-electron chi connectivity index (χ1n) is 11.1. The summed E-state index contributed by atoms with van der Waals surface area (Å²) in [5.41, 5.74) is 5.07. The highest BCUT2D eigenvalue weighted by atomic mass is 16.5. The van der Waals surface area contributed by atoms with Crippen LogP contribution in [0.2, 0.25) is 0 Å². The Morgan fingerprint density at radius 1 is 1.03 bits per heavy atom. The Hall–Kier alpha value is -3.41. The van der Waals surface area contributed by atoms with Crippen LogP contribution in [0.15, 0.2) is 48.5 Å². The maximum atomic E-state index is 12.5. The zero-order valence-electron chi connectivity index (χ0n) is 18.6. The van der Waals surface area contributed by atoms with E-state index in [0.717, 1.165) is 52.5 Å². The molecule has 3 aromatic rings. The Bertz CT molecular complexity index is 1120. The second kappa shape index (κ2) is 9.81. The van der Waals surface area contributed by atoms with Gasteiger partial charge in [0.05, 0.1) is 11.9 Å². The standard InChI is InChI=1S/C26H29N3O3/c1-17-22-5-3-4-6-24(22)28-18(2)23(17)15-25(30)27-14-13-19-7-11-21(12-8-19)32-16-26(31)29-20-9-10-20/h3-8,11-12,20H,9-10,13-16H2,1-2H3,(H,27,30)(H,29,31). The number of aromatic nitrogens is 1. The molecule has 6 nitrogen and oxygen atoms in total. The van der Waals surface area contributed by atoms with Gasteiger partial charge in [0.15, 0.2) is 6.61 Å². The van der Waals surface area contributed by atoms with E-state index in [9.17, 15) is 9.59 Å². The summed E-state index contributed by atoms with van der Waals surface area (Å²) in [5, 5.41) is 7.00.